The van der Waals surface area contributed by atoms with Crippen LogP contribution in [0.3, 0.4) is 0 Å². The minimum absolute atomic E-state index is 0.212. The van der Waals surface area contributed by atoms with Gasteiger partial charge in [0.1, 0.15) is 5.75 Å². The van der Waals surface area contributed by atoms with Crippen LogP contribution in [-0.2, 0) is 6.42 Å². The molecule has 0 spiro atoms. The lowest BCUT2D eigenvalue weighted by atomic mass is 10.1. The molecule has 0 aliphatic rings. The van der Waals surface area contributed by atoms with Gasteiger partial charge in [0.25, 0.3) is 0 Å². The maximum Gasteiger partial charge on any atom is 0.573 e. The van der Waals surface area contributed by atoms with Crippen LogP contribution in [0.1, 0.15) is 11.3 Å². The molecule has 2 rings (SSSR count). The van der Waals surface area contributed by atoms with Crippen LogP contribution in [0.25, 0.3) is 0 Å². The molecule has 1 heterocycles. The second-order valence-electron chi connectivity index (χ2n) is 3.69. The van der Waals surface area contributed by atoms with E-state index in [1.54, 1.807) is 18.3 Å². The first-order chi connectivity index (χ1) is 8.53. The van der Waals surface area contributed by atoms with E-state index >= 15 is 0 Å². The molecule has 0 saturated carbocycles. The summed E-state index contributed by atoms with van der Waals surface area (Å²) >= 11 is 0. The van der Waals surface area contributed by atoms with E-state index in [2.05, 4.69) is 9.72 Å². The third-order valence-corrected chi connectivity index (χ3v) is 2.24. The topological polar surface area (TPSA) is 22.1 Å². The van der Waals surface area contributed by atoms with Crippen molar-refractivity contribution in [3.63, 3.8) is 0 Å². The molecule has 0 unspecified atom stereocenters. The lowest BCUT2D eigenvalue weighted by Gasteiger charge is -2.09. The van der Waals surface area contributed by atoms with Crippen LogP contribution < -0.4 is 4.74 Å². The molecule has 0 fully saturated rings. The van der Waals surface area contributed by atoms with E-state index in [0.29, 0.717) is 6.42 Å². The smallest absolute Gasteiger partial charge is 0.406 e. The predicted octanol–water partition coefficient (Wildman–Crippen LogP) is 3.57. The van der Waals surface area contributed by atoms with Gasteiger partial charge in [-0.15, -0.1) is 13.2 Å². The molecule has 0 N–H and O–H groups in total. The molecule has 0 aliphatic carbocycles. The van der Waals surface area contributed by atoms with Crippen molar-refractivity contribution >= 4 is 0 Å². The highest BCUT2D eigenvalue weighted by atomic mass is 19.4. The summed E-state index contributed by atoms with van der Waals surface area (Å²) in [5, 5.41) is 0. The molecule has 0 aliphatic heterocycles. The van der Waals surface area contributed by atoms with Crippen LogP contribution in [0.5, 0.6) is 5.75 Å². The van der Waals surface area contributed by atoms with Gasteiger partial charge in [0.15, 0.2) is 0 Å². The second-order valence-corrected chi connectivity index (χ2v) is 3.69. The summed E-state index contributed by atoms with van der Waals surface area (Å²) in [5.41, 5.74) is 1.51. The van der Waals surface area contributed by atoms with Crippen molar-refractivity contribution in [2.75, 3.05) is 0 Å². The fraction of sp³-hybridized carbons (Fsp3) is 0.154. The van der Waals surface area contributed by atoms with E-state index in [4.69, 9.17) is 0 Å². The van der Waals surface area contributed by atoms with Gasteiger partial charge in [-0.3, -0.25) is 4.98 Å². The highest BCUT2D eigenvalue weighted by Crippen LogP contribution is 2.23. The largest absolute Gasteiger partial charge is 0.573 e. The van der Waals surface area contributed by atoms with Crippen molar-refractivity contribution in [3.05, 3.63) is 59.9 Å². The van der Waals surface area contributed by atoms with E-state index in [-0.39, 0.29) is 5.75 Å². The van der Waals surface area contributed by atoms with Crippen LogP contribution in [0.15, 0.2) is 48.7 Å². The van der Waals surface area contributed by atoms with E-state index in [1.807, 2.05) is 12.1 Å². The van der Waals surface area contributed by atoms with Crippen molar-refractivity contribution in [3.8, 4) is 5.75 Å². The average Bonchev–Trinajstić information content (AvgIpc) is 2.28. The summed E-state index contributed by atoms with van der Waals surface area (Å²) in [5.74, 6) is -0.212. The summed E-state index contributed by atoms with van der Waals surface area (Å²) in [6.45, 7) is 0. The van der Waals surface area contributed by atoms with Gasteiger partial charge >= 0.3 is 6.36 Å². The van der Waals surface area contributed by atoms with Crippen molar-refractivity contribution in [2.24, 2.45) is 0 Å². The Morgan fingerprint density at radius 2 is 1.89 bits per heavy atom. The minimum atomic E-state index is -4.66. The fourth-order valence-electron chi connectivity index (χ4n) is 1.56. The van der Waals surface area contributed by atoms with Crippen molar-refractivity contribution in [1.29, 1.82) is 0 Å². The third-order valence-electron chi connectivity index (χ3n) is 2.24. The zero-order valence-electron chi connectivity index (χ0n) is 9.32. The normalized spacial score (nSPS) is 11.3. The van der Waals surface area contributed by atoms with Gasteiger partial charge in [0, 0.05) is 18.3 Å². The van der Waals surface area contributed by atoms with Gasteiger partial charge < -0.3 is 4.74 Å². The number of ether oxygens (including phenoxy) is 1. The Bertz CT molecular complexity index is 511. The van der Waals surface area contributed by atoms with Gasteiger partial charge in [-0.2, -0.15) is 0 Å². The van der Waals surface area contributed by atoms with Gasteiger partial charge in [0.05, 0.1) is 0 Å². The maximum atomic E-state index is 12.1. The summed E-state index contributed by atoms with van der Waals surface area (Å²) in [4.78, 5) is 4.12. The molecule has 1 aromatic heterocycles. The van der Waals surface area contributed by atoms with Crippen LogP contribution in [0, 0.1) is 0 Å². The summed E-state index contributed by atoms with van der Waals surface area (Å²) in [6, 6.07) is 11.3. The predicted molar refractivity (Wildman–Crippen MR) is 60.2 cm³/mol. The molecule has 0 radical (unpaired) electrons. The van der Waals surface area contributed by atoms with E-state index in [0.717, 1.165) is 11.3 Å². The quantitative estimate of drug-likeness (QED) is 0.834. The molecule has 94 valence electrons. The Morgan fingerprint density at radius 1 is 1.06 bits per heavy atom. The molecule has 0 saturated heterocycles. The molecular weight excluding hydrogens is 243 g/mol. The number of benzene rings is 1. The highest BCUT2D eigenvalue weighted by molar-refractivity contribution is 5.31. The lowest BCUT2D eigenvalue weighted by Crippen LogP contribution is -2.17. The Kier molecular flexibility index (Phi) is 3.50. The summed E-state index contributed by atoms with van der Waals surface area (Å²) in [6.07, 6.45) is -2.55. The molecule has 2 nitrogen and oxygen atoms in total. The Balaban J connectivity index is 2.13. The number of hydrogen-bond donors (Lipinski definition) is 0. The van der Waals surface area contributed by atoms with Crippen molar-refractivity contribution in [2.45, 2.75) is 12.8 Å². The van der Waals surface area contributed by atoms with E-state index in [9.17, 15) is 13.2 Å². The van der Waals surface area contributed by atoms with Crippen molar-refractivity contribution < 1.29 is 17.9 Å². The SMILES string of the molecule is FC(F)(F)Oc1cccc(Cc2ccccn2)c1. The van der Waals surface area contributed by atoms with Gasteiger partial charge in [-0.25, -0.2) is 0 Å². The van der Waals surface area contributed by atoms with Gasteiger partial charge in [-0.05, 0) is 29.8 Å². The van der Waals surface area contributed by atoms with E-state index < -0.39 is 6.36 Å². The zero-order valence-corrected chi connectivity index (χ0v) is 9.32. The van der Waals surface area contributed by atoms with Crippen LogP contribution in [-0.4, -0.2) is 11.3 Å². The molecule has 2 aromatic rings. The number of alkyl halides is 3. The molecule has 18 heavy (non-hydrogen) atoms. The van der Waals surface area contributed by atoms with Gasteiger partial charge in [-0.1, -0.05) is 18.2 Å². The van der Waals surface area contributed by atoms with E-state index in [1.165, 1.54) is 18.2 Å². The number of aromatic nitrogens is 1. The first-order valence-corrected chi connectivity index (χ1v) is 5.27. The summed E-state index contributed by atoms with van der Waals surface area (Å²) < 4.78 is 40.1. The number of rotatable bonds is 3. The minimum Gasteiger partial charge on any atom is -0.406 e. The lowest BCUT2D eigenvalue weighted by molar-refractivity contribution is -0.274. The standard InChI is InChI=1S/C13H10F3NO/c14-13(15,16)18-12-6-3-4-10(9-12)8-11-5-1-2-7-17-11/h1-7,9H,8H2. The molecule has 0 bridgehead atoms. The van der Waals surface area contributed by atoms with Crippen LogP contribution in [0.2, 0.25) is 0 Å². The number of halogens is 3. The highest BCUT2D eigenvalue weighted by Gasteiger charge is 2.31. The Morgan fingerprint density at radius 3 is 2.56 bits per heavy atom. The van der Waals surface area contributed by atoms with Crippen molar-refractivity contribution in [1.82, 2.24) is 4.98 Å². The second kappa shape index (κ2) is 5.08. The van der Waals surface area contributed by atoms with Crippen LogP contribution in [0.4, 0.5) is 13.2 Å². The zero-order chi connectivity index (χ0) is 13.0. The first-order valence-electron chi connectivity index (χ1n) is 5.27. The number of nitrogens with zero attached hydrogens (tertiary/aromatic N) is 1. The van der Waals surface area contributed by atoms with Crippen LogP contribution >= 0.6 is 0 Å². The fourth-order valence-corrected chi connectivity index (χ4v) is 1.56. The molecule has 1 aromatic carbocycles. The molecule has 0 amide bonds. The Hall–Kier alpha value is -2.04. The molecular formula is C13H10F3NO. The summed E-state index contributed by atoms with van der Waals surface area (Å²) in [7, 11) is 0. The first kappa shape index (κ1) is 12.4. The number of pyridine rings is 1. The number of hydrogen-bond acceptors (Lipinski definition) is 2. The monoisotopic (exact) mass is 253 g/mol. The Labute approximate surface area is 102 Å². The van der Waals surface area contributed by atoms with Gasteiger partial charge in [0.2, 0.25) is 0 Å². The third kappa shape index (κ3) is 3.76. The average molecular weight is 253 g/mol. The maximum absolute atomic E-state index is 12.1. The molecule has 5 heteroatoms. The molecule has 0 atom stereocenters.